The first kappa shape index (κ1) is 19.3. The third kappa shape index (κ3) is 4.44. The maximum atomic E-state index is 13.2. The molecule has 0 aliphatic rings. The molecule has 3 aromatic rings. The first-order valence-corrected chi connectivity index (χ1v) is 8.51. The molecule has 0 aliphatic carbocycles. The van der Waals surface area contributed by atoms with Crippen LogP contribution < -0.4 is 15.4 Å². The van der Waals surface area contributed by atoms with E-state index in [2.05, 4.69) is 15.6 Å². The maximum Gasteiger partial charge on any atom is 0.257 e. The molecule has 0 unspecified atom stereocenters. The molecular weight excluding hydrogens is 385 g/mol. The van der Waals surface area contributed by atoms with Gasteiger partial charge < -0.3 is 15.4 Å². The van der Waals surface area contributed by atoms with E-state index in [4.69, 9.17) is 16.3 Å². The Balaban J connectivity index is 1.76. The lowest BCUT2D eigenvalue weighted by Gasteiger charge is -2.10. The van der Waals surface area contributed by atoms with Gasteiger partial charge in [-0.2, -0.15) is 0 Å². The van der Waals surface area contributed by atoms with Gasteiger partial charge in [0.2, 0.25) is 0 Å². The number of nitrogens with one attached hydrogen (secondary N) is 2. The second-order valence-electron chi connectivity index (χ2n) is 5.70. The summed E-state index contributed by atoms with van der Waals surface area (Å²) in [4.78, 5) is 28.8. The van der Waals surface area contributed by atoms with Gasteiger partial charge >= 0.3 is 0 Å². The van der Waals surface area contributed by atoms with E-state index in [1.807, 2.05) is 0 Å². The molecule has 0 aliphatic heterocycles. The lowest BCUT2D eigenvalue weighted by Crippen LogP contribution is -2.16. The topological polar surface area (TPSA) is 80.3 Å². The number of hydrogen-bond donors (Lipinski definition) is 2. The minimum Gasteiger partial charge on any atom is -0.495 e. The second kappa shape index (κ2) is 8.49. The third-order valence-corrected chi connectivity index (χ3v) is 4.08. The van der Waals surface area contributed by atoms with Crippen molar-refractivity contribution >= 4 is 34.8 Å². The molecule has 142 valence electrons. The second-order valence-corrected chi connectivity index (χ2v) is 6.11. The van der Waals surface area contributed by atoms with Crippen molar-refractivity contribution < 1.29 is 18.7 Å². The number of amides is 2. The first-order valence-electron chi connectivity index (χ1n) is 8.14. The average Bonchev–Trinajstić information content (AvgIpc) is 2.71. The summed E-state index contributed by atoms with van der Waals surface area (Å²) < 4.78 is 18.4. The Bertz CT molecular complexity index is 1040. The third-order valence-electron chi connectivity index (χ3n) is 3.80. The van der Waals surface area contributed by atoms with E-state index < -0.39 is 17.6 Å². The van der Waals surface area contributed by atoms with Gasteiger partial charge in [-0.25, -0.2) is 4.39 Å². The summed E-state index contributed by atoms with van der Waals surface area (Å²) in [6.45, 7) is 0. The molecule has 0 atom stereocenters. The Morgan fingerprint density at radius 2 is 1.68 bits per heavy atom. The predicted molar refractivity (Wildman–Crippen MR) is 105 cm³/mol. The van der Waals surface area contributed by atoms with Crippen LogP contribution in [0.1, 0.15) is 20.7 Å². The van der Waals surface area contributed by atoms with Gasteiger partial charge in [-0.05, 0) is 36.4 Å². The van der Waals surface area contributed by atoms with Crippen LogP contribution in [-0.2, 0) is 0 Å². The van der Waals surface area contributed by atoms with Crippen molar-refractivity contribution in [1.82, 2.24) is 4.98 Å². The molecule has 3 rings (SSSR count). The van der Waals surface area contributed by atoms with E-state index in [0.29, 0.717) is 17.1 Å². The normalized spacial score (nSPS) is 10.2. The number of para-hydroxylation sites is 2. The van der Waals surface area contributed by atoms with Crippen LogP contribution in [0.15, 0.2) is 60.9 Å². The molecule has 0 bridgehead atoms. The average molecular weight is 400 g/mol. The zero-order chi connectivity index (χ0) is 20.1. The van der Waals surface area contributed by atoms with Crippen LogP contribution >= 0.6 is 11.6 Å². The summed E-state index contributed by atoms with van der Waals surface area (Å²) in [7, 11) is 1.50. The van der Waals surface area contributed by atoms with E-state index in [0.717, 1.165) is 6.07 Å². The number of hydrogen-bond acceptors (Lipinski definition) is 4. The van der Waals surface area contributed by atoms with Crippen molar-refractivity contribution in [2.45, 2.75) is 0 Å². The van der Waals surface area contributed by atoms with Gasteiger partial charge in [-0.3, -0.25) is 14.6 Å². The van der Waals surface area contributed by atoms with Crippen molar-refractivity contribution in [3.63, 3.8) is 0 Å². The lowest BCUT2D eigenvalue weighted by molar-refractivity contribution is 0.102. The molecule has 8 heteroatoms. The van der Waals surface area contributed by atoms with Crippen LogP contribution in [0.25, 0.3) is 0 Å². The smallest absolute Gasteiger partial charge is 0.257 e. The number of methoxy groups -OCH3 is 1. The van der Waals surface area contributed by atoms with E-state index in [1.54, 1.807) is 24.3 Å². The maximum absolute atomic E-state index is 13.2. The number of benzene rings is 2. The summed E-state index contributed by atoms with van der Waals surface area (Å²) >= 11 is 5.71. The summed E-state index contributed by atoms with van der Waals surface area (Å²) in [6.07, 6.45) is 2.66. The van der Waals surface area contributed by atoms with Crippen molar-refractivity contribution in [2.75, 3.05) is 17.7 Å². The van der Waals surface area contributed by atoms with Crippen LogP contribution in [0.3, 0.4) is 0 Å². The highest BCUT2D eigenvalue weighted by Gasteiger charge is 2.14. The van der Waals surface area contributed by atoms with E-state index in [-0.39, 0.29) is 16.1 Å². The SMILES string of the molecule is COc1ccccc1NC(=O)c1cncc(C(=O)Nc2ccc(F)c(Cl)c2)c1. The highest BCUT2D eigenvalue weighted by Crippen LogP contribution is 2.24. The highest BCUT2D eigenvalue weighted by atomic mass is 35.5. The number of nitrogens with zero attached hydrogens (tertiary/aromatic N) is 1. The van der Waals surface area contributed by atoms with Crippen molar-refractivity contribution in [1.29, 1.82) is 0 Å². The summed E-state index contributed by atoms with van der Waals surface area (Å²) in [6, 6.07) is 12.2. The molecular formula is C20H15ClFN3O3. The number of anilines is 2. The molecule has 28 heavy (non-hydrogen) atoms. The highest BCUT2D eigenvalue weighted by molar-refractivity contribution is 6.31. The van der Waals surface area contributed by atoms with Crippen LogP contribution in [0.2, 0.25) is 5.02 Å². The number of pyridine rings is 1. The van der Waals surface area contributed by atoms with Gasteiger partial charge in [-0.15, -0.1) is 0 Å². The summed E-state index contributed by atoms with van der Waals surface area (Å²) in [5.41, 5.74) is 1.16. The largest absolute Gasteiger partial charge is 0.495 e. The van der Waals surface area contributed by atoms with Crippen LogP contribution in [0.4, 0.5) is 15.8 Å². The minimum absolute atomic E-state index is 0.110. The zero-order valence-corrected chi connectivity index (χ0v) is 15.5. The molecule has 0 saturated carbocycles. The quantitative estimate of drug-likeness (QED) is 0.667. The Kier molecular flexibility index (Phi) is 5.86. The standard InChI is InChI=1S/C20H15ClFN3O3/c1-28-18-5-3-2-4-17(18)25-20(27)13-8-12(10-23-11-13)19(26)24-14-6-7-16(22)15(21)9-14/h2-11H,1H3,(H,24,26)(H,25,27). The molecule has 0 saturated heterocycles. The first-order chi connectivity index (χ1) is 13.5. The number of rotatable bonds is 5. The molecule has 2 aromatic carbocycles. The van der Waals surface area contributed by atoms with E-state index >= 15 is 0 Å². The van der Waals surface area contributed by atoms with Gasteiger partial charge in [0.15, 0.2) is 0 Å². The fraction of sp³-hybridized carbons (Fsp3) is 0.0500. The molecule has 6 nitrogen and oxygen atoms in total. The van der Waals surface area contributed by atoms with Gasteiger partial charge in [0.1, 0.15) is 11.6 Å². The van der Waals surface area contributed by atoms with E-state index in [1.165, 1.54) is 37.7 Å². The fourth-order valence-corrected chi connectivity index (χ4v) is 2.59. The molecule has 2 N–H and O–H groups in total. The van der Waals surface area contributed by atoms with Crippen LogP contribution in [-0.4, -0.2) is 23.9 Å². The van der Waals surface area contributed by atoms with Gasteiger partial charge in [0, 0.05) is 18.1 Å². The fourth-order valence-electron chi connectivity index (χ4n) is 2.41. The van der Waals surface area contributed by atoms with E-state index in [9.17, 15) is 14.0 Å². The molecule has 1 heterocycles. The monoisotopic (exact) mass is 399 g/mol. The molecule has 0 spiro atoms. The van der Waals surface area contributed by atoms with Gasteiger partial charge in [0.25, 0.3) is 11.8 Å². The van der Waals surface area contributed by atoms with Crippen molar-refractivity contribution in [3.05, 3.63) is 82.9 Å². The van der Waals surface area contributed by atoms with Gasteiger partial charge in [0.05, 0.1) is 28.9 Å². The minimum atomic E-state index is -0.587. The Morgan fingerprint density at radius 1 is 1.00 bits per heavy atom. The van der Waals surface area contributed by atoms with Crippen LogP contribution in [0.5, 0.6) is 5.75 Å². The van der Waals surface area contributed by atoms with Gasteiger partial charge in [-0.1, -0.05) is 23.7 Å². The Hall–Kier alpha value is -3.45. The summed E-state index contributed by atoms with van der Waals surface area (Å²) in [5.74, 6) is -1.04. The number of aromatic nitrogens is 1. The zero-order valence-electron chi connectivity index (χ0n) is 14.7. The molecule has 2 amide bonds. The Labute approximate surface area is 165 Å². The van der Waals surface area contributed by atoms with Crippen LogP contribution in [0, 0.1) is 5.82 Å². The Morgan fingerprint density at radius 3 is 2.36 bits per heavy atom. The number of carbonyl (C=O) groups excluding carboxylic acids is 2. The van der Waals surface area contributed by atoms with Crippen molar-refractivity contribution in [2.24, 2.45) is 0 Å². The number of ether oxygens (including phenoxy) is 1. The molecule has 0 radical (unpaired) electrons. The number of halogens is 2. The lowest BCUT2D eigenvalue weighted by atomic mass is 10.1. The number of carbonyl (C=O) groups is 2. The molecule has 0 fully saturated rings. The molecule has 1 aromatic heterocycles. The predicted octanol–water partition coefficient (Wildman–Crippen LogP) is 4.39. The van der Waals surface area contributed by atoms with Crippen molar-refractivity contribution in [3.8, 4) is 5.75 Å². The summed E-state index contributed by atoms with van der Waals surface area (Å²) in [5, 5.41) is 5.18.